The third-order valence-corrected chi connectivity index (χ3v) is 1.76. The van der Waals surface area contributed by atoms with Gasteiger partial charge in [-0.2, -0.15) is 5.26 Å². The van der Waals surface area contributed by atoms with E-state index in [0.717, 1.165) is 0 Å². The Morgan fingerprint density at radius 1 is 1.45 bits per heavy atom. The molecule has 0 unspecified atom stereocenters. The molecule has 0 aliphatic heterocycles. The smallest absolute Gasteiger partial charge is 0.0908 e. The highest BCUT2D eigenvalue weighted by atomic mass is 14.2. The van der Waals surface area contributed by atoms with Gasteiger partial charge in [-0.3, -0.25) is 0 Å². The summed E-state index contributed by atoms with van der Waals surface area (Å²) in [5.41, 5.74) is 0. The lowest BCUT2D eigenvalue weighted by Crippen LogP contribution is -1.88. The number of nitriles is 1. The Balaban J connectivity index is 3.31. The molecule has 0 aliphatic rings. The highest BCUT2D eigenvalue weighted by molar-refractivity contribution is 5.03. The molecular weight excluding hydrogens is 134 g/mol. The summed E-state index contributed by atoms with van der Waals surface area (Å²) in [7, 11) is 0. The molecule has 62 valence electrons. The average molecular weight is 151 g/mol. The van der Waals surface area contributed by atoms with Gasteiger partial charge in [-0.05, 0) is 12.3 Å². The van der Waals surface area contributed by atoms with E-state index >= 15 is 0 Å². The third kappa shape index (κ3) is 7.12. The van der Waals surface area contributed by atoms with E-state index in [4.69, 9.17) is 5.26 Å². The van der Waals surface area contributed by atoms with Crippen molar-refractivity contribution in [3.8, 4) is 6.07 Å². The van der Waals surface area contributed by atoms with Crippen LogP contribution in [0.2, 0.25) is 0 Å². The molecule has 0 aromatic carbocycles. The Morgan fingerprint density at radius 2 is 2.18 bits per heavy atom. The summed E-state index contributed by atoms with van der Waals surface area (Å²) in [6.45, 7) is 4.36. The summed E-state index contributed by atoms with van der Waals surface area (Å²) in [4.78, 5) is 0. The summed E-state index contributed by atoms with van der Waals surface area (Å²) in [5, 5.41) is 8.25. The Hall–Kier alpha value is -0.770. The van der Waals surface area contributed by atoms with Gasteiger partial charge in [0.1, 0.15) is 0 Å². The lowest BCUT2D eigenvalue weighted by atomic mass is 10.0. The van der Waals surface area contributed by atoms with Gasteiger partial charge in [0, 0.05) is 6.08 Å². The van der Waals surface area contributed by atoms with E-state index in [1.165, 1.54) is 25.7 Å². The fourth-order valence-electron chi connectivity index (χ4n) is 1.02. The van der Waals surface area contributed by atoms with Gasteiger partial charge in [0.15, 0.2) is 0 Å². The molecular formula is C10H17N. The first-order valence-electron chi connectivity index (χ1n) is 4.37. The fourth-order valence-corrected chi connectivity index (χ4v) is 1.02. The molecule has 1 atom stereocenters. The minimum atomic E-state index is 0.571. The number of hydrogen-bond acceptors (Lipinski definition) is 1. The van der Waals surface area contributed by atoms with Crippen LogP contribution in [0.3, 0.4) is 0 Å². The number of hydrogen-bond donors (Lipinski definition) is 0. The minimum Gasteiger partial charge on any atom is -0.193 e. The van der Waals surface area contributed by atoms with E-state index in [0.29, 0.717) is 5.92 Å². The van der Waals surface area contributed by atoms with Crippen LogP contribution in [0.25, 0.3) is 0 Å². The highest BCUT2D eigenvalue weighted by Gasteiger charge is 1.94. The Bertz CT molecular complexity index is 141. The molecule has 0 aliphatic carbocycles. The van der Waals surface area contributed by atoms with Crippen LogP contribution in [0.4, 0.5) is 0 Å². The molecule has 0 bridgehead atoms. The molecule has 0 heterocycles. The van der Waals surface area contributed by atoms with Crippen molar-refractivity contribution in [1.82, 2.24) is 0 Å². The molecule has 0 aromatic heterocycles. The van der Waals surface area contributed by atoms with Gasteiger partial charge in [0.05, 0.1) is 6.07 Å². The van der Waals surface area contributed by atoms with Crippen molar-refractivity contribution in [2.24, 2.45) is 5.92 Å². The number of nitrogens with zero attached hydrogens (tertiary/aromatic N) is 1. The number of unbranched alkanes of at least 4 members (excludes halogenated alkanes) is 2. The first kappa shape index (κ1) is 10.2. The zero-order valence-electron chi connectivity index (χ0n) is 7.51. The van der Waals surface area contributed by atoms with Gasteiger partial charge in [-0.25, -0.2) is 0 Å². The minimum absolute atomic E-state index is 0.571. The maximum atomic E-state index is 8.25. The molecule has 1 heteroatoms. The van der Waals surface area contributed by atoms with E-state index in [1.54, 1.807) is 6.08 Å². The van der Waals surface area contributed by atoms with Gasteiger partial charge in [0.25, 0.3) is 0 Å². The second-order valence-corrected chi connectivity index (χ2v) is 2.96. The van der Waals surface area contributed by atoms with Crippen LogP contribution < -0.4 is 0 Å². The first-order chi connectivity index (χ1) is 5.31. The van der Waals surface area contributed by atoms with Crippen molar-refractivity contribution in [3.63, 3.8) is 0 Å². The van der Waals surface area contributed by atoms with Gasteiger partial charge < -0.3 is 0 Å². The molecule has 0 spiro atoms. The number of rotatable bonds is 5. The molecule has 11 heavy (non-hydrogen) atoms. The number of allylic oxidation sites excluding steroid dienone is 2. The van der Waals surface area contributed by atoms with Crippen molar-refractivity contribution in [2.45, 2.75) is 39.5 Å². The standard InChI is InChI=1S/C10H17N/c1-3-4-5-7-10(2)8-6-9-11/h6,8,10H,3-5,7H2,1-2H3/b8-6+/t10-/m1/s1. The van der Waals surface area contributed by atoms with Crippen molar-refractivity contribution in [3.05, 3.63) is 12.2 Å². The zero-order chi connectivity index (χ0) is 8.53. The van der Waals surface area contributed by atoms with Crippen molar-refractivity contribution in [2.75, 3.05) is 0 Å². The topological polar surface area (TPSA) is 23.8 Å². The van der Waals surface area contributed by atoms with Gasteiger partial charge in [-0.1, -0.05) is 39.2 Å². The van der Waals surface area contributed by atoms with Gasteiger partial charge in [0.2, 0.25) is 0 Å². The molecule has 0 saturated carbocycles. The molecule has 0 aromatic rings. The van der Waals surface area contributed by atoms with E-state index in [-0.39, 0.29) is 0 Å². The van der Waals surface area contributed by atoms with E-state index in [1.807, 2.05) is 12.1 Å². The largest absolute Gasteiger partial charge is 0.193 e. The summed E-state index contributed by atoms with van der Waals surface area (Å²) in [6.07, 6.45) is 8.64. The molecule has 0 rings (SSSR count). The van der Waals surface area contributed by atoms with Crippen LogP contribution in [0.15, 0.2) is 12.2 Å². The zero-order valence-corrected chi connectivity index (χ0v) is 7.51. The molecule has 1 nitrogen and oxygen atoms in total. The quantitative estimate of drug-likeness (QED) is 0.437. The maximum absolute atomic E-state index is 8.25. The predicted molar refractivity (Wildman–Crippen MR) is 48.1 cm³/mol. The third-order valence-electron chi connectivity index (χ3n) is 1.76. The van der Waals surface area contributed by atoms with Gasteiger partial charge in [-0.15, -0.1) is 0 Å². The van der Waals surface area contributed by atoms with Crippen LogP contribution in [0.5, 0.6) is 0 Å². The predicted octanol–water partition coefficient (Wildman–Crippen LogP) is 3.28. The molecule has 0 saturated heterocycles. The van der Waals surface area contributed by atoms with Crippen LogP contribution >= 0.6 is 0 Å². The molecule has 0 radical (unpaired) electrons. The fraction of sp³-hybridized carbons (Fsp3) is 0.700. The van der Waals surface area contributed by atoms with E-state index < -0.39 is 0 Å². The molecule has 0 N–H and O–H groups in total. The highest BCUT2D eigenvalue weighted by Crippen LogP contribution is 2.09. The summed E-state index contributed by atoms with van der Waals surface area (Å²) >= 11 is 0. The van der Waals surface area contributed by atoms with Crippen LogP contribution in [0, 0.1) is 17.2 Å². The Morgan fingerprint density at radius 3 is 2.73 bits per heavy atom. The SMILES string of the molecule is CCCCC[C@@H](C)/C=C/C#N. The maximum Gasteiger partial charge on any atom is 0.0908 e. The molecule has 0 amide bonds. The lowest BCUT2D eigenvalue weighted by Gasteiger charge is -2.02. The summed E-state index contributed by atoms with van der Waals surface area (Å²) in [6, 6.07) is 2.01. The van der Waals surface area contributed by atoms with Crippen LogP contribution in [-0.4, -0.2) is 0 Å². The van der Waals surface area contributed by atoms with Crippen LogP contribution in [0.1, 0.15) is 39.5 Å². The Labute approximate surface area is 69.7 Å². The lowest BCUT2D eigenvalue weighted by molar-refractivity contribution is 0.576. The normalized spacial score (nSPS) is 13.2. The van der Waals surface area contributed by atoms with Crippen molar-refractivity contribution in [1.29, 1.82) is 5.26 Å². The van der Waals surface area contributed by atoms with Crippen LogP contribution in [-0.2, 0) is 0 Å². The van der Waals surface area contributed by atoms with Gasteiger partial charge >= 0.3 is 0 Å². The Kier molecular flexibility index (Phi) is 6.82. The van der Waals surface area contributed by atoms with E-state index in [9.17, 15) is 0 Å². The average Bonchev–Trinajstić information content (AvgIpc) is 2.01. The second kappa shape index (κ2) is 7.34. The first-order valence-corrected chi connectivity index (χ1v) is 4.37. The van der Waals surface area contributed by atoms with Crippen molar-refractivity contribution < 1.29 is 0 Å². The molecule has 0 fully saturated rings. The monoisotopic (exact) mass is 151 g/mol. The summed E-state index contributed by atoms with van der Waals surface area (Å²) in [5.74, 6) is 0.571. The second-order valence-electron chi connectivity index (χ2n) is 2.96. The summed E-state index contributed by atoms with van der Waals surface area (Å²) < 4.78 is 0. The van der Waals surface area contributed by atoms with Crippen molar-refractivity contribution >= 4 is 0 Å². The van der Waals surface area contributed by atoms with E-state index in [2.05, 4.69) is 13.8 Å².